The summed E-state index contributed by atoms with van der Waals surface area (Å²) in [5.41, 5.74) is 10.3. The molecule has 0 unspecified atom stereocenters. The van der Waals surface area contributed by atoms with Gasteiger partial charge in [-0.2, -0.15) is 18.7 Å². The number of nitrogens with one attached hydrogen (secondary N) is 1. The molecule has 0 atom stereocenters. The van der Waals surface area contributed by atoms with E-state index in [-0.39, 0.29) is 12.2 Å². The fraction of sp³-hybridized carbons (Fsp3) is 0.636. The summed E-state index contributed by atoms with van der Waals surface area (Å²) in [6.07, 6.45) is -1.11. The predicted molar refractivity (Wildman–Crippen MR) is 74.1 cm³/mol. The van der Waals surface area contributed by atoms with E-state index in [9.17, 15) is 22.4 Å². The van der Waals surface area contributed by atoms with Gasteiger partial charge in [0, 0.05) is 6.42 Å². The molecule has 1 rings (SSSR count). The third kappa shape index (κ3) is 6.93. The van der Waals surface area contributed by atoms with Crippen molar-refractivity contribution in [3.63, 3.8) is 0 Å². The van der Waals surface area contributed by atoms with Gasteiger partial charge in [0.05, 0.1) is 12.7 Å². The largest absolute Gasteiger partial charge is 0.370 e. The van der Waals surface area contributed by atoms with Gasteiger partial charge in [0.25, 0.3) is 0 Å². The molecule has 1 aromatic heterocycles. The molecular formula is C11H17F4N7O. The van der Waals surface area contributed by atoms with Crippen molar-refractivity contribution in [3.05, 3.63) is 6.20 Å². The Morgan fingerprint density at radius 2 is 2.09 bits per heavy atom. The minimum absolute atomic E-state index is 0.126. The summed E-state index contributed by atoms with van der Waals surface area (Å²) in [6, 6.07) is 0. The maximum Gasteiger partial charge on any atom is 0.326 e. The second kappa shape index (κ2) is 8.29. The Bertz CT molecular complexity index is 546. The van der Waals surface area contributed by atoms with Crippen LogP contribution in [-0.4, -0.2) is 45.8 Å². The van der Waals surface area contributed by atoms with Crippen LogP contribution in [-0.2, 0) is 11.3 Å². The summed E-state index contributed by atoms with van der Waals surface area (Å²) in [5, 5.41) is 10.2. The Labute approximate surface area is 128 Å². The molecule has 0 aliphatic heterocycles. The molecule has 5 N–H and O–H groups in total. The van der Waals surface area contributed by atoms with Crippen LogP contribution in [0.25, 0.3) is 0 Å². The summed E-state index contributed by atoms with van der Waals surface area (Å²) >= 11 is 0. The molecule has 0 saturated carbocycles. The van der Waals surface area contributed by atoms with Gasteiger partial charge in [-0.3, -0.25) is 4.79 Å². The van der Waals surface area contributed by atoms with Gasteiger partial charge in [0.2, 0.25) is 5.91 Å². The molecule has 1 heterocycles. The molecule has 1 aromatic rings. The second-order valence-electron chi connectivity index (χ2n) is 4.64. The molecule has 0 bridgehead atoms. The Morgan fingerprint density at radius 1 is 1.39 bits per heavy atom. The molecule has 0 aliphatic rings. The number of aliphatic imine (C=N–C) groups is 1. The Balaban J connectivity index is 2.44. The van der Waals surface area contributed by atoms with Crippen molar-refractivity contribution in [3.8, 4) is 0 Å². The SMILES string of the molecule is NC(=O)CCCCn1ncc(N/C(N)=N\CC(F)(F)C(F)F)n1. The number of nitrogens with zero attached hydrogens (tertiary/aromatic N) is 4. The quantitative estimate of drug-likeness (QED) is 0.262. The average molecular weight is 339 g/mol. The lowest BCUT2D eigenvalue weighted by molar-refractivity contribution is -0.119. The minimum atomic E-state index is -4.25. The molecule has 8 nitrogen and oxygen atoms in total. The summed E-state index contributed by atoms with van der Waals surface area (Å²) in [4.78, 5) is 15.0. The van der Waals surface area contributed by atoms with E-state index in [0.29, 0.717) is 19.4 Å². The molecule has 0 saturated heterocycles. The highest BCUT2D eigenvalue weighted by Gasteiger charge is 2.40. The Morgan fingerprint density at radius 3 is 2.70 bits per heavy atom. The molecule has 0 aliphatic carbocycles. The van der Waals surface area contributed by atoms with Crippen LogP contribution >= 0.6 is 0 Å². The number of hydrogen-bond donors (Lipinski definition) is 3. The molecule has 0 spiro atoms. The van der Waals surface area contributed by atoms with E-state index < -0.39 is 30.8 Å². The summed E-state index contributed by atoms with van der Waals surface area (Å²) < 4.78 is 49.3. The number of rotatable bonds is 9. The second-order valence-corrected chi connectivity index (χ2v) is 4.64. The number of guanidine groups is 1. The van der Waals surface area contributed by atoms with Crippen LogP contribution in [0.4, 0.5) is 23.4 Å². The zero-order chi connectivity index (χ0) is 17.5. The summed E-state index contributed by atoms with van der Waals surface area (Å²) in [6.45, 7) is -1.03. The van der Waals surface area contributed by atoms with E-state index in [0.717, 1.165) is 0 Å². The number of aryl methyl sites for hydroxylation is 1. The smallest absolute Gasteiger partial charge is 0.326 e. The highest BCUT2D eigenvalue weighted by molar-refractivity contribution is 5.91. The van der Waals surface area contributed by atoms with Crippen LogP contribution in [0.2, 0.25) is 0 Å². The van der Waals surface area contributed by atoms with Crippen molar-refractivity contribution in [1.82, 2.24) is 15.0 Å². The van der Waals surface area contributed by atoms with Gasteiger partial charge in [-0.15, -0.1) is 5.10 Å². The first kappa shape index (κ1) is 18.6. The van der Waals surface area contributed by atoms with Crippen molar-refractivity contribution in [2.75, 3.05) is 11.9 Å². The van der Waals surface area contributed by atoms with Crippen LogP contribution in [0.1, 0.15) is 19.3 Å². The number of hydrogen-bond acceptors (Lipinski definition) is 4. The first-order valence-electron chi connectivity index (χ1n) is 6.62. The lowest BCUT2D eigenvalue weighted by Crippen LogP contribution is -2.32. The fourth-order valence-corrected chi connectivity index (χ4v) is 1.45. The van der Waals surface area contributed by atoms with Crippen LogP contribution in [0.15, 0.2) is 11.2 Å². The van der Waals surface area contributed by atoms with Gasteiger partial charge in [0.15, 0.2) is 11.8 Å². The van der Waals surface area contributed by atoms with E-state index in [1.807, 2.05) is 0 Å². The number of amides is 1. The first-order chi connectivity index (χ1) is 10.7. The number of nitrogens with two attached hydrogens (primary N) is 2. The molecule has 0 aromatic carbocycles. The average Bonchev–Trinajstić information content (AvgIpc) is 2.88. The maximum atomic E-state index is 12.7. The lowest BCUT2D eigenvalue weighted by atomic mass is 10.2. The lowest BCUT2D eigenvalue weighted by Gasteiger charge is -2.12. The van der Waals surface area contributed by atoms with Crippen molar-refractivity contribution >= 4 is 17.7 Å². The number of primary amides is 1. The monoisotopic (exact) mass is 339 g/mol. The van der Waals surface area contributed by atoms with Crippen molar-refractivity contribution < 1.29 is 22.4 Å². The van der Waals surface area contributed by atoms with Crippen molar-refractivity contribution in [2.45, 2.75) is 38.2 Å². The van der Waals surface area contributed by atoms with Crippen LogP contribution < -0.4 is 16.8 Å². The highest BCUT2D eigenvalue weighted by atomic mass is 19.3. The van der Waals surface area contributed by atoms with Gasteiger partial charge < -0.3 is 16.8 Å². The van der Waals surface area contributed by atoms with Crippen LogP contribution in [0.5, 0.6) is 0 Å². The normalized spacial score (nSPS) is 12.7. The molecule has 1 amide bonds. The van der Waals surface area contributed by atoms with Crippen molar-refractivity contribution in [1.29, 1.82) is 0 Å². The summed E-state index contributed by atoms with van der Waals surface area (Å²) in [7, 11) is 0. The standard InChI is InChI=1S/C11H17F4N7O/c12-9(13)11(14,15)6-18-10(17)20-8-5-19-22(21-8)4-2-1-3-7(16)23/h5,9H,1-4,6H2,(H2,16,23)(H3,17,18,20,21). The van der Waals surface area contributed by atoms with E-state index in [2.05, 4.69) is 20.5 Å². The maximum absolute atomic E-state index is 12.7. The Kier molecular flexibility index (Phi) is 6.72. The van der Waals surface area contributed by atoms with Gasteiger partial charge in [-0.25, -0.2) is 13.8 Å². The van der Waals surface area contributed by atoms with Gasteiger partial charge in [-0.1, -0.05) is 0 Å². The zero-order valence-corrected chi connectivity index (χ0v) is 12.1. The number of unbranched alkanes of at least 4 members (excludes halogenated alkanes) is 1. The molecular weight excluding hydrogens is 322 g/mol. The molecule has 12 heteroatoms. The number of carbonyl (C=O) groups is 1. The van der Waals surface area contributed by atoms with Gasteiger partial charge >= 0.3 is 12.3 Å². The number of alkyl halides is 4. The molecule has 0 radical (unpaired) electrons. The molecule has 130 valence electrons. The van der Waals surface area contributed by atoms with Gasteiger partial charge in [0.1, 0.15) is 6.54 Å². The van der Waals surface area contributed by atoms with Crippen molar-refractivity contribution in [2.24, 2.45) is 16.5 Å². The number of carbonyl (C=O) groups excluding carboxylic acids is 1. The fourth-order valence-electron chi connectivity index (χ4n) is 1.45. The summed E-state index contributed by atoms with van der Waals surface area (Å²) in [5.74, 6) is -5.00. The van der Waals surface area contributed by atoms with E-state index in [1.54, 1.807) is 0 Å². The highest BCUT2D eigenvalue weighted by Crippen LogP contribution is 2.22. The molecule has 23 heavy (non-hydrogen) atoms. The van der Waals surface area contributed by atoms with E-state index >= 15 is 0 Å². The topological polar surface area (TPSA) is 124 Å². The number of aromatic nitrogens is 3. The number of halogens is 4. The molecule has 0 fully saturated rings. The minimum Gasteiger partial charge on any atom is -0.370 e. The predicted octanol–water partition coefficient (Wildman–Crippen LogP) is 0.561. The first-order valence-corrected chi connectivity index (χ1v) is 6.62. The van der Waals surface area contributed by atoms with E-state index in [1.165, 1.54) is 11.0 Å². The zero-order valence-electron chi connectivity index (χ0n) is 12.1. The van der Waals surface area contributed by atoms with Crippen LogP contribution in [0.3, 0.4) is 0 Å². The third-order valence-electron chi connectivity index (χ3n) is 2.60. The van der Waals surface area contributed by atoms with Crippen LogP contribution in [0, 0.1) is 0 Å². The van der Waals surface area contributed by atoms with Gasteiger partial charge in [-0.05, 0) is 12.8 Å². The number of anilines is 1. The van der Waals surface area contributed by atoms with E-state index in [4.69, 9.17) is 11.5 Å². The third-order valence-corrected chi connectivity index (χ3v) is 2.60. The Hall–Kier alpha value is -2.40.